The molecule has 11 heteroatoms. The van der Waals surface area contributed by atoms with E-state index in [9.17, 15) is 14.9 Å². The highest BCUT2D eigenvalue weighted by atomic mass is 35.5. The number of hydrogen-bond acceptors (Lipinski definition) is 7. The van der Waals surface area contributed by atoms with Gasteiger partial charge in [-0.05, 0) is 0 Å². The van der Waals surface area contributed by atoms with Crippen molar-refractivity contribution in [3.05, 3.63) is 63.7 Å². The summed E-state index contributed by atoms with van der Waals surface area (Å²) in [5.41, 5.74) is 0.962. The lowest BCUT2D eigenvalue weighted by Crippen LogP contribution is -2.49. The summed E-state index contributed by atoms with van der Waals surface area (Å²) in [5, 5.41) is 16.6. The molecule has 9 nitrogen and oxygen atoms in total. The van der Waals surface area contributed by atoms with Gasteiger partial charge in [0.25, 0.3) is 11.6 Å². The first-order valence-corrected chi connectivity index (χ1v) is 9.62. The number of carbonyl (C=O) groups excluding carboxylic acids is 1. The molecule has 3 heterocycles. The summed E-state index contributed by atoms with van der Waals surface area (Å²) in [6.07, 6.45) is 3.58. The summed E-state index contributed by atoms with van der Waals surface area (Å²) in [5.74, 6) is 0.650. The Morgan fingerprint density at radius 3 is 2.97 bits per heavy atom. The molecule has 29 heavy (non-hydrogen) atoms. The fourth-order valence-electron chi connectivity index (χ4n) is 3.28. The van der Waals surface area contributed by atoms with Crippen LogP contribution in [-0.2, 0) is 7.05 Å². The number of thiazole rings is 1. The number of carbonyl (C=O) groups is 1. The van der Waals surface area contributed by atoms with Crippen LogP contribution >= 0.6 is 23.7 Å². The van der Waals surface area contributed by atoms with Crippen LogP contribution in [0.5, 0.6) is 0 Å². The van der Waals surface area contributed by atoms with E-state index in [1.165, 1.54) is 23.5 Å². The predicted octanol–water partition coefficient (Wildman–Crippen LogP) is 2.66. The maximum absolute atomic E-state index is 13.1. The number of aromatic nitrogens is 3. The van der Waals surface area contributed by atoms with Gasteiger partial charge in [-0.2, -0.15) is 0 Å². The van der Waals surface area contributed by atoms with Crippen LogP contribution in [0.4, 0.5) is 5.69 Å². The number of hydrogen-bond donors (Lipinski definition) is 1. The molecule has 1 amide bonds. The van der Waals surface area contributed by atoms with Crippen molar-refractivity contribution in [2.45, 2.75) is 6.04 Å². The number of imidazole rings is 1. The van der Waals surface area contributed by atoms with Crippen LogP contribution < -0.4 is 5.32 Å². The molecule has 3 aromatic rings. The first kappa shape index (κ1) is 20.9. The number of nitrogens with zero attached hydrogens (tertiary/aromatic N) is 5. The van der Waals surface area contributed by atoms with Gasteiger partial charge < -0.3 is 14.8 Å². The van der Waals surface area contributed by atoms with Crippen LogP contribution in [0, 0.1) is 10.1 Å². The number of nitro benzene ring substituents is 1. The molecule has 0 aliphatic carbocycles. The third-order valence-corrected chi connectivity index (χ3v) is 5.58. The zero-order chi connectivity index (χ0) is 19.7. The van der Waals surface area contributed by atoms with E-state index in [4.69, 9.17) is 0 Å². The van der Waals surface area contributed by atoms with Gasteiger partial charge in [0.2, 0.25) is 0 Å². The highest BCUT2D eigenvalue weighted by Gasteiger charge is 2.32. The van der Waals surface area contributed by atoms with Gasteiger partial charge in [-0.1, -0.05) is 12.1 Å². The molecular weight excluding hydrogens is 416 g/mol. The molecule has 152 valence electrons. The van der Waals surface area contributed by atoms with Gasteiger partial charge in [-0.25, -0.2) is 9.97 Å². The highest BCUT2D eigenvalue weighted by Crippen LogP contribution is 2.29. The summed E-state index contributed by atoms with van der Waals surface area (Å²) in [7, 11) is 1.91. The van der Waals surface area contributed by atoms with Crippen molar-refractivity contribution in [3.63, 3.8) is 0 Å². The molecule has 1 aliphatic rings. The number of nitrogens with one attached hydrogen (secondary N) is 1. The van der Waals surface area contributed by atoms with Crippen molar-refractivity contribution in [2.24, 2.45) is 7.05 Å². The Balaban J connectivity index is 0.00000240. The lowest BCUT2D eigenvalue weighted by atomic mass is 10.1. The molecule has 1 unspecified atom stereocenters. The Kier molecular flexibility index (Phi) is 6.26. The third kappa shape index (κ3) is 4.14. The lowest BCUT2D eigenvalue weighted by molar-refractivity contribution is -0.384. The quantitative estimate of drug-likeness (QED) is 0.499. The van der Waals surface area contributed by atoms with Gasteiger partial charge >= 0.3 is 0 Å². The second-order valence-electron chi connectivity index (χ2n) is 6.46. The minimum atomic E-state index is -0.443. The minimum absolute atomic E-state index is 0. The highest BCUT2D eigenvalue weighted by molar-refractivity contribution is 7.13. The van der Waals surface area contributed by atoms with Crippen LogP contribution in [0.1, 0.15) is 22.4 Å². The van der Waals surface area contributed by atoms with Crippen LogP contribution in [0.25, 0.3) is 10.6 Å². The normalized spacial score (nSPS) is 16.3. The third-order valence-electron chi connectivity index (χ3n) is 4.69. The molecule has 1 aliphatic heterocycles. The molecule has 1 saturated heterocycles. The fraction of sp³-hybridized carbons (Fsp3) is 0.278. The molecule has 0 spiro atoms. The van der Waals surface area contributed by atoms with E-state index >= 15 is 0 Å². The van der Waals surface area contributed by atoms with Crippen LogP contribution in [-0.4, -0.2) is 49.9 Å². The van der Waals surface area contributed by atoms with Gasteiger partial charge in [0.15, 0.2) is 0 Å². The van der Waals surface area contributed by atoms with Crippen LogP contribution in [0.15, 0.2) is 42.0 Å². The molecule has 4 rings (SSSR count). The maximum atomic E-state index is 13.1. The largest absolute Gasteiger partial charge is 0.336 e. The average molecular weight is 435 g/mol. The zero-order valence-corrected chi connectivity index (χ0v) is 17.2. The number of halogens is 1. The van der Waals surface area contributed by atoms with E-state index in [1.807, 2.05) is 17.8 Å². The molecule has 1 aromatic carbocycles. The van der Waals surface area contributed by atoms with Crippen molar-refractivity contribution in [2.75, 3.05) is 19.6 Å². The van der Waals surface area contributed by atoms with E-state index in [-0.39, 0.29) is 30.0 Å². The number of nitro groups is 1. The van der Waals surface area contributed by atoms with E-state index in [0.717, 1.165) is 5.82 Å². The Morgan fingerprint density at radius 2 is 2.24 bits per heavy atom. The Bertz CT molecular complexity index is 1040. The SMILES string of the molecule is Cl.Cn1ccnc1C1CNCCN1C(=O)c1csc(-c2cccc([N+](=O)[O-])c2)n1. The van der Waals surface area contributed by atoms with Gasteiger partial charge in [0.1, 0.15) is 22.6 Å². The number of benzene rings is 1. The molecule has 1 N–H and O–H groups in total. The van der Waals surface area contributed by atoms with Gasteiger partial charge in [-0.15, -0.1) is 23.7 Å². The molecule has 2 aromatic heterocycles. The van der Waals surface area contributed by atoms with E-state index in [2.05, 4.69) is 15.3 Å². The smallest absolute Gasteiger partial charge is 0.274 e. The first-order chi connectivity index (χ1) is 13.5. The topological polar surface area (TPSA) is 106 Å². The summed E-state index contributed by atoms with van der Waals surface area (Å²) in [6.45, 7) is 1.88. The van der Waals surface area contributed by atoms with Crippen molar-refractivity contribution < 1.29 is 9.72 Å². The van der Waals surface area contributed by atoms with Crippen LogP contribution in [0.2, 0.25) is 0 Å². The summed E-state index contributed by atoms with van der Waals surface area (Å²) >= 11 is 1.30. The molecule has 0 bridgehead atoms. The number of rotatable bonds is 4. The summed E-state index contributed by atoms with van der Waals surface area (Å²) in [6, 6.07) is 6.09. The van der Waals surface area contributed by atoms with Gasteiger partial charge in [-0.3, -0.25) is 14.9 Å². The second-order valence-corrected chi connectivity index (χ2v) is 7.32. The molecular formula is C18H19ClN6O3S. The maximum Gasteiger partial charge on any atom is 0.274 e. The molecule has 0 saturated carbocycles. The van der Waals surface area contributed by atoms with E-state index in [1.54, 1.807) is 28.6 Å². The average Bonchev–Trinajstić information content (AvgIpc) is 3.37. The second kappa shape index (κ2) is 8.68. The molecule has 1 atom stereocenters. The molecule has 1 fully saturated rings. The number of amides is 1. The van der Waals surface area contributed by atoms with E-state index in [0.29, 0.717) is 35.9 Å². The van der Waals surface area contributed by atoms with Gasteiger partial charge in [0, 0.05) is 62.2 Å². The minimum Gasteiger partial charge on any atom is -0.336 e. The van der Waals surface area contributed by atoms with Crippen molar-refractivity contribution >= 4 is 35.3 Å². The number of aryl methyl sites for hydroxylation is 1. The Morgan fingerprint density at radius 1 is 1.41 bits per heavy atom. The molecule has 0 radical (unpaired) electrons. The predicted molar refractivity (Wildman–Crippen MR) is 111 cm³/mol. The Labute approximate surface area is 177 Å². The van der Waals surface area contributed by atoms with Crippen LogP contribution in [0.3, 0.4) is 0 Å². The van der Waals surface area contributed by atoms with Gasteiger partial charge in [0.05, 0.1) is 4.92 Å². The lowest BCUT2D eigenvalue weighted by Gasteiger charge is -2.35. The fourth-order valence-corrected chi connectivity index (χ4v) is 4.07. The standard InChI is InChI=1S/C18H18N6O3S.ClH/c1-22-7-6-20-16(22)15-10-19-5-8-23(15)18(25)14-11-28-17(21-14)12-3-2-4-13(9-12)24(26)27;/h2-4,6-7,9,11,15,19H,5,8,10H2,1H3;1H. The van der Waals surface area contributed by atoms with Crippen molar-refractivity contribution in [3.8, 4) is 10.6 Å². The number of non-ortho nitro benzene ring substituents is 1. The van der Waals surface area contributed by atoms with Crippen molar-refractivity contribution in [1.82, 2.24) is 24.8 Å². The summed E-state index contributed by atoms with van der Waals surface area (Å²) in [4.78, 5) is 34.3. The summed E-state index contributed by atoms with van der Waals surface area (Å²) < 4.78 is 1.91. The first-order valence-electron chi connectivity index (χ1n) is 8.74. The zero-order valence-electron chi connectivity index (χ0n) is 15.5. The number of piperazine rings is 1. The van der Waals surface area contributed by atoms with E-state index < -0.39 is 4.92 Å². The van der Waals surface area contributed by atoms with Crippen molar-refractivity contribution in [1.29, 1.82) is 0 Å². The monoisotopic (exact) mass is 434 g/mol. The Hall–Kier alpha value is -2.82.